The van der Waals surface area contributed by atoms with Gasteiger partial charge in [0.2, 0.25) is 5.88 Å². The minimum atomic E-state index is -0.0607. The van der Waals surface area contributed by atoms with Gasteiger partial charge in [-0.1, -0.05) is 6.07 Å². The molecular formula is C12H18N2O2. The zero-order valence-corrected chi connectivity index (χ0v) is 9.52. The molecule has 2 N–H and O–H groups in total. The number of nitrogens with one attached hydrogen (secondary N) is 1. The number of pyridine rings is 1. The summed E-state index contributed by atoms with van der Waals surface area (Å²) in [6.45, 7) is 1.80. The monoisotopic (exact) mass is 222 g/mol. The fraction of sp³-hybridized carbons (Fsp3) is 0.583. The minimum Gasteiger partial charge on any atom is -0.481 e. The molecule has 4 nitrogen and oxygen atoms in total. The van der Waals surface area contributed by atoms with Crippen LogP contribution in [0.1, 0.15) is 18.4 Å². The lowest BCUT2D eigenvalue weighted by Crippen LogP contribution is -2.35. The molecule has 0 unspecified atom stereocenters. The number of aliphatic hydroxyl groups is 1. The van der Waals surface area contributed by atoms with Gasteiger partial charge in [0.25, 0.3) is 0 Å². The van der Waals surface area contributed by atoms with E-state index < -0.39 is 0 Å². The Kier molecular flexibility index (Phi) is 3.74. The van der Waals surface area contributed by atoms with E-state index in [0.29, 0.717) is 11.8 Å². The number of nitrogens with zero attached hydrogens (tertiary/aromatic N) is 1. The second-order valence-corrected chi connectivity index (χ2v) is 4.33. The van der Waals surface area contributed by atoms with Crippen molar-refractivity contribution >= 4 is 0 Å². The summed E-state index contributed by atoms with van der Waals surface area (Å²) < 4.78 is 4.99. The third-order valence-corrected chi connectivity index (χ3v) is 2.98. The zero-order valence-electron chi connectivity index (χ0n) is 9.52. The molecule has 0 amide bonds. The van der Waals surface area contributed by atoms with Crippen molar-refractivity contribution in [2.24, 2.45) is 5.92 Å². The van der Waals surface area contributed by atoms with Gasteiger partial charge < -0.3 is 15.2 Å². The predicted molar refractivity (Wildman–Crippen MR) is 61.2 cm³/mol. The molecule has 1 aromatic rings. The maximum Gasteiger partial charge on any atom is 0.212 e. The summed E-state index contributed by atoms with van der Waals surface area (Å²) >= 11 is 0. The summed E-state index contributed by atoms with van der Waals surface area (Å²) in [5, 5.41) is 12.5. The molecule has 0 saturated heterocycles. The van der Waals surface area contributed by atoms with Crippen LogP contribution >= 0.6 is 0 Å². The summed E-state index contributed by atoms with van der Waals surface area (Å²) in [6.07, 6.45) is 3.64. The second kappa shape index (κ2) is 5.27. The van der Waals surface area contributed by atoms with Crippen LogP contribution in [0.5, 0.6) is 5.88 Å². The number of hydrogen-bond donors (Lipinski definition) is 2. The van der Waals surface area contributed by atoms with Gasteiger partial charge in [-0.05, 0) is 30.9 Å². The van der Waals surface area contributed by atoms with Crippen LogP contribution in [0.15, 0.2) is 18.3 Å². The number of aliphatic hydroxyl groups excluding tert-OH is 1. The van der Waals surface area contributed by atoms with Crippen LogP contribution in [-0.2, 0) is 6.54 Å². The summed E-state index contributed by atoms with van der Waals surface area (Å²) in [5.41, 5.74) is 1.15. The van der Waals surface area contributed by atoms with Gasteiger partial charge in [0.15, 0.2) is 0 Å². The van der Waals surface area contributed by atoms with Crippen LogP contribution in [0, 0.1) is 5.92 Å². The van der Waals surface area contributed by atoms with Gasteiger partial charge in [-0.3, -0.25) is 0 Å². The van der Waals surface area contributed by atoms with Crippen molar-refractivity contribution in [3.8, 4) is 5.88 Å². The number of methoxy groups -OCH3 is 1. The number of ether oxygens (including phenoxy) is 1. The lowest BCUT2D eigenvalue weighted by molar-refractivity contribution is 0.0429. The molecule has 0 bridgehead atoms. The minimum absolute atomic E-state index is 0.0607. The van der Waals surface area contributed by atoms with Gasteiger partial charge in [-0.15, -0.1) is 0 Å². The first-order chi connectivity index (χ1) is 7.78. The van der Waals surface area contributed by atoms with Crippen LogP contribution in [0.4, 0.5) is 0 Å². The third kappa shape index (κ3) is 2.93. The van der Waals surface area contributed by atoms with E-state index in [1.165, 1.54) is 0 Å². The van der Waals surface area contributed by atoms with Crippen LogP contribution < -0.4 is 10.1 Å². The highest BCUT2D eigenvalue weighted by molar-refractivity contribution is 5.17. The Bertz CT molecular complexity index is 320. The van der Waals surface area contributed by atoms with E-state index in [0.717, 1.165) is 31.5 Å². The first-order valence-electron chi connectivity index (χ1n) is 5.65. The van der Waals surface area contributed by atoms with E-state index in [9.17, 15) is 0 Å². The second-order valence-electron chi connectivity index (χ2n) is 4.33. The molecule has 1 aromatic heterocycles. The molecule has 4 heteroatoms. The first-order valence-corrected chi connectivity index (χ1v) is 5.65. The molecule has 0 atom stereocenters. The van der Waals surface area contributed by atoms with E-state index in [1.807, 2.05) is 18.3 Å². The average molecular weight is 222 g/mol. The summed E-state index contributed by atoms with van der Waals surface area (Å²) in [7, 11) is 1.61. The predicted octanol–water partition coefficient (Wildman–Crippen LogP) is 0.951. The fourth-order valence-corrected chi connectivity index (χ4v) is 1.92. The largest absolute Gasteiger partial charge is 0.481 e. The highest BCUT2D eigenvalue weighted by Crippen LogP contribution is 2.26. The Morgan fingerprint density at radius 2 is 2.31 bits per heavy atom. The molecular weight excluding hydrogens is 204 g/mol. The van der Waals surface area contributed by atoms with Crippen molar-refractivity contribution in [2.45, 2.75) is 25.5 Å². The van der Waals surface area contributed by atoms with Gasteiger partial charge >= 0.3 is 0 Å². The number of rotatable bonds is 5. The van der Waals surface area contributed by atoms with Crippen molar-refractivity contribution in [1.82, 2.24) is 10.3 Å². The maximum atomic E-state index is 9.14. The number of hydrogen-bond acceptors (Lipinski definition) is 4. The molecule has 88 valence electrons. The molecule has 1 aliphatic carbocycles. The van der Waals surface area contributed by atoms with Crippen LogP contribution in [0.25, 0.3) is 0 Å². The Morgan fingerprint density at radius 1 is 1.50 bits per heavy atom. The van der Waals surface area contributed by atoms with Crippen LogP contribution in [0.3, 0.4) is 0 Å². The topological polar surface area (TPSA) is 54.4 Å². The van der Waals surface area contributed by atoms with Gasteiger partial charge in [-0.25, -0.2) is 4.98 Å². The Morgan fingerprint density at radius 3 is 2.88 bits per heavy atom. The quantitative estimate of drug-likeness (QED) is 0.779. The molecule has 0 radical (unpaired) electrons. The van der Waals surface area contributed by atoms with Gasteiger partial charge in [0.1, 0.15) is 0 Å². The maximum absolute atomic E-state index is 9.14. The summed E-state index contributed by atoms with van der Waals surface area (Å²) in [6, 6.07) is 3.87. The molecule has 0 aromatic carbocycles. The molecule has 1 saturated carbocycles. The van der Waals surface area contributed by atoms with E-state index in [2.05, 4.69) is 10.3 Å². The summed E-state index contributed by atoms with van der Waals surface area (Å²) in [5.74, 6) is 1.28. The van der Waals surface area contributed by atoms with Crippen molar-refractivity contribution in [1.29, 1.82) is 0 Å². The zero-order chi connectivity index (χ0) is 11.4. The normalized spacial score (nSPS) is 23.9. The molecule has 0 aliphatic heterocycles. The Balaban J connectivity index is 1.68. The van der Waals surface area contributed by atoms with Crippen molar-refractivity contribution in [2.75, 3.05) is 13.7 Å². The van der Waals surface area contributed by atoms with E-state index in [1.54, 1.807) is 7.11 Å². The SMILES string of the molecule is COc1ccc(CNCC2CC(O)C2)cn1. The molecule has 2 rings (SSSR count). The molecule has 1 fully saturated rings. The highest BCUT2D eigenvalue weighted by atomic mass is 16.5. The van der Waals surface area contributed by atoms with E-state index in [4.69, 9.17) is 9.84 Å². The lowest BCUT2D eigenvalue weighted by atomic mass is 9.82. The molecule has 1 heterocycles. The smallest absolute Gasteiger partial charge is 0.212 e. The molecule has 1 aliphatic rings. The van der Waals surface area contributed by atoms with Gasteiger partial charge in [0, 0.05) is 18.8 Å². The third-order valence-electron chi connectivity index (χ3n) is 2.98. The average Bonchev–Trinajstić information content (AvgIpc) is 2.27. The van der Waals surface area contributed by atoms with E-state index in [-0.39, 0.29) is 6.10 Å². The molecule has 16 heavy (non-hydrogen) atoms. The van der Waals surface area contributed by atoms with Crippen LogP contribution in [-0.4, -0.2) is 29.8 Å². The van der Waals surface area contributed by atoms with E-state index >= 15 is 0 Å². The number of aromatic nitrogens is 1. The first kappa shape index (κ1) is 11.4. The van der Waals surface area contributed by atoms with Crippen LogP contribution in [0.2, 0.25) is 0 Å². The van der Waals surface area contributed by atoms with Crippen molar-refractivity contribution in [3.05, 3.63) is 23.9 Å². The van der Waals surface area contributed by atoms with Crippen molar-refractivity contribution < 1.29 is 9.84 Å². The Hall–Kier alpha value is -1.13. The molecule has 0 spiro atoms. The van der Waals surface area contributed by atoms with Gasteiger partial charge in [0.05, 0.1) is 13.2 Å². The highest BCUT2D eigenvalue weighted by Gasteiger charge is 2.26. The fourth-order valence-electron chi connectivity index (χ4n) is 1.92. The van der Waals surface area contributed by atoms with Gasteiger partial charge in [-0.2, -0.15) is 0 Å². The summed E-state index contributed by atoms with van der Waals surface area (Å²) in [4.78, 5) is 4.14. The lowest BCUT2D eigenvalue weighted by Gasteiger charge is -2.31. The Labute approximate surface area is 95.7 Å². The standard InChI is InChI=1S/C12H18N2O2/c1-16-12-3-2-9(8-14-12)6-13-7-10-4-11(15)5-10/h2-3,8,10-11,13,15H,4-7H2,1H3. The van der Waals surface area contributed by atoms with Crippen molar-refractivity contribution in [3.63, 3.8) is 0 Å².